The van der Waals surface area contributed by atoms with Crippen LogP contribution in [0.2, 0.25) is 0 Å². The average molecular weight is 443 g/mol. The zero-order chi connectivity index (χ0) is 22.3. The smallest absolute Gasteiger partial charge is 0.230 e. The molecule has 1 aliphatic carbocycles. The second-order valence-corrected chi connectivity index (χ2v) is 9.88. The maximum absolute atomic E-state index is 13.6. The molecule has 1 atom stereocenters. The fourth-order valence-corrected chi connectivity index (χ4v) is 6.14. The summed E-state index contributed by atoms with van der Waals surface area (Å²) in [5, 5.41) is 9.84. The first kappa shape index (κ1) is 21.5. The van der Waals surface area contributed by atoms with Crippen molar-refractivity contribution in [1.82, 2.24) is 9.88 Å². The van der Waals surface area contributed by atoms with E-state index in [1.807, 2.05) is 6.07 Å². The normalized spacial score (nSPS) is 31.1. The molecule has 1 spiro atoms. The summed E-state index contributed by atoms with van der Waals surface area (Å²) >= 11 is 0. The zero-order valence-electron chi connectivity index (χ0n) is 19.0. The van der Waals surface area contributed by atoms with Gasteiger partial charge in [0, 0.05) is 44.7 Å². The van der Waals surface area contributed by atoms with Gasteiger partial charge in [-0.1, -0.05) is 0 Å². The van der Waals surface area contributed by atoms with Crippen molar-refractivity contribution in [2.45, 2.75) is 69.9 Å². The van der Waals surface area contributed by atoms with Crippen LogP contribution in [-0.2, 0) is 9.59 Å². The lowest BCUT2D eigenvalue weighted by Gasteiger charge is -2.41. The van der Waals surface area contributed by atoms with Gasteiger partial charge in [-0.15, -0.1) is 0 Å². The van der Waals surface area contributed by atoms with Crippen LogP contribution in [0.1, 0.15) is 57.8 Å². The first-order valence-corrected chi connectivity index (χ1v) is 12.1. The highest BCUT2D eigenvalue weighted by Crippen LogP contribution is 2.44. The van der Waals surface area contributed by atoms with E-state index in [0.717, 1.165) is 82.5 Å². The number of amides is 2. The molecule has 3 aliphatic heterocycles. The van der Waals surface area contributed by atoms with E-state index in [1.165, 1.54) is 0 Å². The third-order valence-corrected chi connectivity index (χ3v) is 7.95. The Morgan fingerprint density at radius 3 is 2.62 bits per heavy atom. The number of ether oxygens (including phenoxy) is 1. The van der Waals surface area contributed by atoms with Gasteiger partial charge in [-0.2, -0.15) is 0 Å². The number of aliphatic hydroxyl groups is 1. The minimum Gasteiger partial charge on any atom is -0.493 e. The van der Waals surface area contributed by atoms with Crippen molar-refractivity contribution in [3.05, 3.63) is 12.3 Å². The van der Waals surface area contributed by atoms with E-state index < -0.39 is 0 Å². The average Bonchev–Trinajstić information content (AvgIpc) is 3.37. The molecule has 0 radical (unpaired) electrons. The summed E-state index contributed by atoms with van der Waals surface area (Å²) in [7, 11) is 1.63. The van der Waals surface area contributed by atoms with Crippen LogP contribution in [0.3, 0.4) is 0 Å². The van der Waals surface area contributed by atoms with Crippen molar-refractivity contribution in [3.63, 3.8) is 0 Å². The van der Waals surface area contributed by atoms with Gasteiger partial charge >= 0.3 is 0 Å². The Hall–Kier alpha value is -2.35. The van der Waals surface area contributed by atoms with Gasteiger partial charge in [-0.05, 0) is 51.4 Å². The molecule has 32 heavy (non-hydrogen) atoms. The van der Waals surface area contributed by atoms with Crippen molar-refractivity contribution in [1.29, 1.82) is 0 Å². The fourth-order valence-electron chi connectivity index (χ4n) is 6.14. The Balaban J connectivity index is 1.34. The van der Waals surface area contributed by atoms with Gasteiger partial charge < -0.3 is 24.5 Å². The van der Waals surface area contributed by atoms with Gasteiger partial charge in [0.15, 0.2) is 11.6 Å². The largest absolute Gasteiger partial charge is 0.493 e. The molecule has 4 fully saturated rings. The van der Waals surface area contributed by atoms with Gasteiger partial charge in [0.05, 0.1) is 30.5 Å². The SMILES string of the molecule is COc1cc(N2CCCC2=O)cnc1N1CCC[C@]2(CCN(C3CCC(O)CC3)C2=O)C1. The Labute approximate surface area is 189 Å². The predicted molar refractivity (Wildman–Crippen MR) is 121 cm³/mol. The highest BCUT2D eigenvalue weighted by molar-refractivity contribution is 5.95. The summed E-state index contributed by atoms with van der Waals surface area (Å²) in [6.07, 6.45) is 9.13. The first-order chi connectivity index (χ1) is 15.5. The third-order valence-electron chi connectivity index (χ3n) is 7.95. The molecule has 174 valence electrons. The van der Waals surface area contributed by atoms with E-state index in [1.54, 1.807) is 18.2 Å². The topological polar surface area (TPSA) is 86.2 Å². The molecule has 0 aromatic carbocycles. The molecule has 5 rings (SSSR count). The number of aromatic nitrogens is 1. The van der Waals surface area contributed by atoms with Crippen LogP contribution in [0.5, 0.6) is 5.75 Å². The minimum absolute atomic E-state index is 0.130. The van der Waals surface area contributed by atoms with Crippen molar-refractivity contribution in [2.24, 2.45) is 5.41 Å². The van der Waals surface area contributed by atoms with Crippen LogP contribution in [0.25, 0.3) is 0 Å². The molecule has 8 nitrogen and oxygen atoms in total. The highest BCUT2D eigenvalue weighted by atomic mass is 16.5. The number of pyridine rings is 1. The van der Waals surface area contributed by atoms with Crippen LogP contribution in [0, 0.1) is 5.41 Å². The maximum atomic E-state index is 13.6. The van der Waals surface area contributed by atoms with Gasteiger partial charge in [-0.3, -0.25) is 9.59 Å². The Morgan fingerprint density at radius 2 is 1.91 bits per heavy atom. The number of rotatable bonds is 4. The number of hydrogen-bond donors (Lipinski definition) is 1. The molecule has 1 aromatic heterocycles. The number of methoxy groups -OCH3 is 1. The van der Waals surface area contributed by atoms with E-state index >= 15 is 0 Å². The summed E-state index contributed by atoms with van der Waals surface area (Å²) in [5.74, 6) is 1.82. The van der Waals surface area contributed by atoms with Gasteiger partial charge in [-0.25, -0.2) is 4.98 Å². The third kappa shape index (κ3) is 3.72. The lowest BCUT2D eigenvalue weighted by Crippen LogP contribution is -2.50. The number of piperidine rings is 1. The number of carbonyl (C=O) groups excluding carboxylic acids is 2. The van der Waals surface area contributed by atoms with Crippen LogP contribution in [-0.4, -0.2) is 72.2 Å². The maximum Gasteiger partial charge on any atom is 0.230 e. The van der Waals surface area contributed by atoms with Crippen LogP contribution in [0.4, 0.5) is 11.5 Å². The summed E-state index contributed by atoms with van der Waals surface area (Å²) in [6.45, 7) is 3.03. The van der Waals surface area contributed by atoms with Crippen molar-refractivity contribution in [2.75, 3.05) is 43.1 Å². The lowest BCUT2D eigenvalue weighted by molar-refractivity contribution is -0.139. The molecule has 1 saturated carbocycles. The highest BCUT2D eigenvalue weighted by Gasteiger charge is 2.51. The zero-order valence-corrected chi connectivity index (χ0v) is 19.0. The van der Waals surface area contributed by atoms with E-state index in [2.05, 4.69) is 9.80 Å². The fraction of sp³-hybridized carbons (Fsp3) is 0.708. The second-order valence-electron chi connectivity index (χ2n) is 9.88. The minimum atomic E-state index is -0.357. The lowest BCUT2D eigenvalue weighted by atomic mass is 9.78. The molecule has 0 bridgehead atoms. The van der Waals surface area contributed by atoms with Crippen LogP contribution >= 0.6 is 0 Å². The Bertz CT molecular complexity index is 885. The van der Waals surface area contributed by atoms with Crippen molar-refractivity contribution in [3.8, 4) is 5.75 Å². The van der Waals surface area contributed by atoms with E-state index in [9.17, 15) is 14.7 Å². The predicted octanol–water partition coefficient (Wildman–Crippen LogP) is 2.34. The molecule has 8 heteroatoms. The molecule has 1 aromatic rings. The van der Waals surface area contributed by atoms with Gasteiger partial charge in [0.2, 0.25) is 11.8 Å². The molecular weight excluding hydrogens is 408 g/mol. The Morgan fingerprint density at radius 1 is 1.09 bits per heavy atom. The van der Waals surface area contributed by atoms with Crippen LogP contribution in [0.15, 0.2) is 12.3 Å². The summed E-state index contributed by atoms with van der Waals surface area (Å²) in [6, 6.07) is 2.17. The van der Waals surface area contributed by atoms with Crippen molar-refractivity contribution < 1.29 is 19.4 Å². The monoisotopic (exact) mass is 442 g/mol. The number of carbonyl (C=O) groups is 2. The van der Waals surface area contributed by atoms with E-state index in [0.29, 0.717) is 18.7 Å². The molecule has 0 unspecified atom stereocenters. The molecule has 2 amide bonds. The number of nitrogens with zero attached hydrogens (tertiary/aromatic N) is 4. The van der Waals surface area contributed by atoms with Gasteiger partial charge in [0.1, 0.15) is 0 Å². The molecule has 4 heterocycles. The number of anilines is 2. The van der Waals surface area contributed by atoms with E-state index in [4.69, 9.17) is 9.72 Å². The standard InChI is InChI=1S/C24H34N4O4/c1-32-20-14-18(27-12-2-4-21(27)30)15-25-22(20)26-11-3-9-24(16-26)10-13-28(23(24)31)17-5-7-19(29)8-6-17/h14-15,17,19,29H,2-13,16H2,1H3/t17?,19?,24-/m0/s1. The number of likely N-dealkylation sites (tertiary alicyclic amines) is 1. The van der Waals surface area contributed by atoms with E-state index in [-0.39, 0.29) is 29.4 Å². The first-order valence-electron chi connectivity index (χ1n) is 12.1. The Kier molecular flexibility index (Phi) is 5.73. The van der Waals surface area contributed by atoms with Gasteiger partial charge in [0.25, 0.3) is 0 Å². The number of hydrogen-bond acceptors (Lipinski definition) is 6. The summed E-state index contributed by atoms with van der Waals surface area (Å²) < 4.78 is 5.68. The van der Waals surface area contributed by atoms with Crippen molar-refractivity contribution >= 4 is 23.3 Å². The quantitative estimate of drug-likeness (QED) is 0.770. The number of aliphatic hydroxyl groups excluding tert-OH is 1. The molecule has 3 saturated heterocycles. The molecule has 4 aliphatic rings. The molecule has 1 N–H and O–H groups in total. The van der Waals surface area contributed by atoms with Crippen LogP contribution < -0.4 is 14.5 Å². The summed E-state index contributed by atoms with van der Waals surface area (Å²) in [4.78, 5) is 36.5. The second kappa shape index (κ2) is 8.54. The molecular formula is C24H34N4O4. The summed E-state index contributed by atoms with van der Waals surface area (Å²) in [5.41, 5.74) is 0.423.